The average Bonchev–Trinajstić information content (AvgIpc) is 3.43. The first-order chi connectivity index (χ1) is 15.0. The maximum Gasteiger partial charge on any atom is 0.290 e. The minimum atomic E-state index is -0.250. The first kappa shape index (κ1) is 21.9. The predicted octanol–water partition coefficient (Wildman–Crippen LogP) is 2.37. The van der Waals surface area contributed by atoms with E-state index in [0.717, 1.165) is 17.0 Å². The average molecular weight is 423 g/mol. The van der Waals surface area contributed by atoms with Gasteiger partial charge in [0.15, 0.2) is 5.78 Å². The Balaban J connectivity index is 0.000000858. The van der Waals surface area contributed by atoms with E-state index in [-0.39, 0.29) is 24.1 Å². The molecule has 1 aliphatic rings. The standard InChI is InChI=1S/C21H23N5O2.CH2O2/c1-25-11-16(10-24-25)17-12-26(13-18-21(17)23-14-22-18)20(28)9-5-8-19(27)15-6-3-2-4-7-15;2-1-3/h2-4,6-7,10-11,14,17H,5,8-9,12-13H2,1H3,(H,22,23);1H,(H,2,3). The molecule has 1 aliphatic heterocycles. The summed E-state index contributed by atoms with van der Waals surface area (Å²) < 4.78 is 1.76. The first-order valence-electron chi connectivity index (χ1n) is 9.98. The molecule has 1 atom stereocenters. The lowest BCUT2D eigenvalue weighted by Gasteiger charge is -2.31. The normalized spacial score (nSPS) is 14.9. The Kier molecular flexibility index (Phi) is 7.31. The second-order valence-corrected chi connectivity index (χ2v) is 7.29. The third-order valence-corrected chi connectivity index (χ3v) is 5.20. The fourth-order valence-corrected chi connectivity index (χ4v) is 3.72. The lowest BCUT2D eigenvalue weighted by molar-refractivity contribution is -0.132. The van der Waals surface area contributed by atoms with Crippen molar-refractivity contribution in [3.05, 3.63) is 71.6 Å². The quantitative estimate of drug-likeness (QED) is 0.464. The number of fused-ring (bicyclic) bond motifs is 1. The highest BCUT2D eigenvalue weighted by Crippen LogP contribution is 2.31. The van der Waals surface area contributed by atoms with Gasteiger partial charge in [-0.15, -0.1) is 0 Å². The van der Waals surface area contributed by atoms with Crippen LogP contribution in [-0.4, -0.2) is 54.5 Å². The molecule has 3 aromatic rings. The molecule has 1 aromatic carbocycles. The van der Waals surface area contributed by atoms with Gasteiger partial charge in [0, 0.05) is 49.7 Å². The number of aryl methyl sites for hydroxylation is 1. The van der Waals surface area contributed by atoms with E-state index in [1.54, 1.807) is 11.0 Å². The van der Waals surface area contributed by atoms with E-state index < -0.39 is 0 Å². The second kappa shape index (κ2) is 10.3. The number of benzene rings is 1. The van der Waals surface area contributed by atoms with Crippen molar-refractivity contribution in [1.29, 1.82) is 0 Å². The maximum atomic E-state index is 12.8. The van der Waals surface area contributed by atoms with Crippen LogP contribution in [0.25, 0.3) is 0 Å². The van der Waals surface area contributed by atoms with E-state index in [4.69, 9.17) is 9.90 Å². The number of rotatable bonds is 6. The van der Waals surface area contributed by atoms with E-state index in [0.29, 0.717) is 37.9 Å². The fraction of sp³-hybridized carbons (Fsp3) is 0.318. The summed E-state index contributed by atoms with van der Waals surface area (Å²) >= 11 is 0. The molecule has 9 heteroatoms. The number of Topliss-reactive ketones (excluding diaryl/α,β-unsaturated/α-hetero) is 1. The monoisotopic (exact) mass is 423 g/mol. The van der Waals surface area contributed by atoms with Crippen molar-refractivity contribution in [2.24, 2.45) is 7.05 Å². The first-order valence-corrected chi connectivity index (χ1v) is 9.98. The third kappa shape index (κ3) is 5.44. The maximum absolute atomic E-state index is 12.8. The second-order valence-electron chi connectivity index (χ2n) is 7.29. The van der Waals surface area contributed by atoms with Crippen LogP contribution in [0.1, 0.15) is 52.5 Å². The van der Waals surface area contributed by atoms with E-state index in [9.17, 15) is 9.59 Å². The Hall–Kier alpha value is -3.75. The summed E-state index contributed by atoms with van der Waals surface area (Å²) in [7, 11) is 1.88. The van der Waals surface area contributed by atoms with Crippen LogP contribution < -0.4 is 0 Å². The predicted molar refractivity (Wildman–Crippen MR) is 112 cm³/mol. The van der Waals surface area contributed by atoms with Gasteiger partial charge >= 0.3 is 0 Å². The van der Waals surface area contributed by atoms with Crippen molar-refractivity contribution in [2.75, 3.05) is 6.54 Å². The molecule has 2 aromatic heterocycles. The van der Waals surface area contributed by atoms with Crippen molar-refractivity contribution in [3.8, 4) is 0 Å². The Labute approximate surface area is 179 Å². The lowest BCUT2D eigenvalue weighted by atomic mass is 9.93. The molecule has 0 bridgehead atoms. The smallest absolute Gasteiger partial charge is 0.290 e. The zero-order valence-corrected chi connectivity index (χ0v) is 17.3. The van der Waals surface area contributed by atoms with Gasteiger partial charge in [0.25, 0.3) is 6.47 Å². The highest BCUT2D eigenvalue weighted by Gasteiger charge is 2.31. The van der Waals surface area contributed by atoms with Crippen LogP contribution in [0.2, 0.25) is 0 Å². The van der Waals surface area contributed by atoms with Crippen LogP contribution >= 0.6 is 0 Å². The number of carbonyl (C=O) groups excluding carboxylic acids is 2. The van der Waals surface area contributed by atoms with Crippen LogP contribution in [-0.2, 0) is 23.2 Å². The van der Waals surface area contributed by atoms with Crippen LogP contribution in [0.4, 0.5) is 0 Å². The van der Waals surface area contributed by atoms with Gasteiger partial charge in [0.1, 0.15) is 0 Å². The molecule has 162 valence electrons. The summed E-state index contributed by atoms with van der Waals surface area (Å²) in [5.74, 6) is 0.157. The molecule has 1 unspecified atom stereocenters. The molecule has 0 spiro atoms. The van der Waals surface area contributed by atoms with Gasteiger partial charge in [-0.2, -0.15) is 5.10 Å². The molecule has 2 N–H and O–H groups in total. The minimum Gasteiger partial charge on any atom is -0.483 e. The minimum absolute atomic E-state index is 0.0126. The number of nitrogens with zero attached hydrogens (tertiary/aromatic N) is 4. The number of H-pyrrole nitrogens is 1. The number of aromatic amines is 1. The summed E-state index contributed by atoms with van der Waals surface area (Å²) in [6.07, 6.45) is 6.77. The molecule has 0 radical (unpaired) electrons. The number of nitrogens with one attached hydrogen (secondary N) is 1. The molecule has 0 aliphatic carbocycles. The number of aromatic nitrogens is 4. The van der Waals surface area contributed by atoms with Crippen molar-refractivity contribution in [2.45, 2.75) is 31.7 Å². The molecular formula is C22H25N5O4. The largest absolute Gasteiger partial charge is 0.483 e. The number of ketones is 1. The summed E-state index contributed by atoms with van der Waals surface area (Å²) in [5, 5.41) is 11.1. The van der Waals surface area contributed by atoms with E-state index in [2.05, 4.69) is 15.1 Å². The third-order valence-electron chi connectivity index (χ3n) is 5.20. The van der Waals surface area contributed by atoms with Crippen LogP contribution in [0.3, 0.4) is 0 Å². The zero-order chi connectivity index (χ0) is 22.2. The summed E-state index contributed by atoms with van der Waals surface area (Å²) in [4.78, 5) is 42.8. The van der Waals surface area contributed by atoms with Crippen LogP contribution in [0.15, 0.2) is 49.1 Å². The van der Waals surface area contributed by atoms with E-state index >= 15 is 0 Å². The van der Waals surface area contributed by atoms with Gasteiger partial charge < -0.3 is 15.0 Å². The fourth-order valence-electron chi connectivity index (χ4n) is 3.72. The Morgan fingerprint density at radius 3 is 2.68 bits per heavy atom. The SMILES string of the molecule is Cn1cc(C2CN(C(=O)CCCC(=O)c3ccccc3)Cc3[nH]cnc32)cn1.O=CO. The van der Waals surface area contributed by atoms with E-state index in [1.165, 1.54) is 0 Å². The van der Waals surface area contributed by atoms with Crippen molar-refractivity contribution < 1.29 is 19.5 Å². The Bertz CT molecular complexity index is 1030. The Morgan fingerprint density at radius 2 is 2.00 bits per heavy atom. The van der Waals surface area contributed by atoms with Gasteiger partial charge in [0.2, 0.25) is 5.91 Å². The van der Waals surface area contributed by atoms with Crippen molar-refractivity contribution in [3.63, 3.8) is 0 Å². The molecule has 31 heavy (non-hydrogen) atoms. The molecule has 3 heterocycles. The number of imidazole rings is 1. The Morgan fingerprint density at radius 1 is 1.26 bits per heavy atom. The highest BCUT2D eigenvalue weighted by molar-refractivity contribution is 5.96. The van der Waals surface area contributed by atoms with Gasteiger partial charge in [-0.3, -0.25) is 19.1 Å². The van der Waals surface area contributed by atoms with Gasteiger partial charge in [-0.05, 0) is 6.42 Å². The number of carboxylic acid groups (broad SMARTS) is 1. The number of hydrogen-bond acceptors (Lipinski definition) is 5. The van der Waals surface area contributed by atoms with Gasteiger partial charge in [0.05, 0.1) is 30.5 Å². The number of hydrogen-bond donors (Lipinski definition) is 2. The highest BCUT2D eigenvalue weighted by atomic mass is 16.3. The molecule has 9 nitrogen and oxygen atoms in total. The summed E-state index contributed by atoms with van der Waals surface area (Å²) in [6.45, 7) is 0.854. The number of amides is 1. The van der Waals surface area contributed by atoms with Crippen molar-refractivity contribution >= 4 is 18.2 Å². The number of carbonyl (C=O) groups is 3. The van der Waals surface area contributed by atoms with Crippen molar-refractivity contribution in [1.82, 2.24) is 24.6 Å². The molecule has 4 rings (SSSR count). The topological polar surface area (TPSA) is 121 Å². The van der Waals surface area contributed by atoms with Crippen LogP contribution in [0.5, 0.6) is 0 Å². The summed E-state index contributed by atoms with van der Waals surface area (Å²) in [6, 6.07) is 9.22. The van der Waals surface area contributed by atoms with Gasteiger partial charge in [-0.1, -0.05) is 30.3 Å². The van der Waals surface area contributed by atoms with E-state index in [1.807, 2.05) is 54.7 Å². The lowest BCUT2D eigenvalue weighted by Crippen LogP contribution is -2.38. The molecule has 1 amide bonds. The zero-order valence-electron chi connectivity index (χ0n) is 17.3. The molecule has 0 saturated heterocycles. The molecule has 0 saturated carbocycles. The molecular weight excluding hydrogens is 398 g/mol. The summed E-state index contributed by atoms with van der Waals surface area (Å²) in [5.41, 5.74) is 3.70. The van der Waals surface area contributed by atoms with Crippen LogP contribution in [0, 0.1) is 0 Å². The van der Waals surface area contributed by atoms with Gasteiger partial charge in [-0.25, -0.2) is 4.98 Å². The molecule has 0 fully saturated rings.